The Morgan fingerprint density at radius 1 is 1.11 bits per heavy atom. The van der Waals surface area contributed by atoms with E-state index in [0.717, 1.165) is 12.8 Å². The lowest BCUT2D eigenvalue weighted by Crippen LogP contribution is -2.30. The van der Waals surface area contributed by atoms with Gasteiger partial charge in [-0.15, -0.1) is 0 Å². The van der Waals surface area contributed by atoms with E-state index in [1.165, 1.54) is 53.7 Å². The van der Waals surface area contributed by atoms with Gasteiger partial charge in [-0.05, 0) is 56.2 Å². The molecule has 2 aromatic carbocycles. The van der Waals surface area contributed by atoms with Gasteiger partial charge in [0.25, 0.3) is 5.91 Å². The van der Waals surface area contributed by atoms with Gasteiger partial charge < -0.3 is 10.1 Å². The monoisotopic (exact) mass is 392 g/mol. The van der Waals surface area contributed by atoms with Gasteiger partial charge in [0.2, 0.25) is 10.0 Å². The Labute approximate surface area is 158 Å². The molecule has 8 heteroatoms. The minimum absolute atomic E-state index is 0.00722. The lowest BCUT2D eigenvalue weighted by molar-refractivity contribution is -0.122. The highest BCUT2D eigenvalue weighted by molar-refractivity contribution is 7.89. The number of rotatable bonds is 6. The van der Waals surface area contributed by atoms with Crippen LogP contribution in [0.25, 0.3) is 0 Å². The first-order valence-electron chi connectivity index (χ1n) is 8.70. The molecule has 2 aromatic rings. The molecule has 3 rings (SSSR count). The van der Waals surface area contributed by atoms with Gasteiger partial charge in [-0.25, -0.2) is 12.8 Å². The zero-order valence-electron chi connectivity index (χ0n) is 14.9. The van der Waals surface area contributed by atoms with Crippen LogP contribution < -0.4 is 10.1 Å². The van der Waals surface area contributed by atoms with Crippen LogP contribution in [0.15, 0.2) is 53.4 Å². The summed E-state index contributed by atoms with van der Waals surface area (Å²) < 4.78 is 45.4. The van der Waals surface area contributed by atoms with Gasteiger partial charge in [0.1, 0.15) is 0 Å². The smallest absolute Gasteiger partial charge is 0.265 e. The van der Waals surface area contributed by atoms with Crippen molar-refractivity contribution in [3.63, 3.8) is 0 Å². The fourth-order valence-corrected chi connectivity index (χ4v) is 4.33. The van der Waals surface area contributed by atoms with Gasteiger partial charge in [-0.2, -0.15) is 4.31 Å². The van der Waals surface area contributed by atoms with Crippen LogP contribution in [0.2, 0.25) is 0 Å². The molecule has 1 fully saturated rings. The summed E-state index contributed by atoms with van der Waals surface area (Å²) in [5.41, 5.74) is 0.435. The van der Waals surface area contributed by atoms with E-state index in [-0.39, 0.29) is 10.6 Å². The first-order valence-corrected chi connectivity index (χ1v) is 10.1. The molecular weight excluding hydrogens is 371 g/mol. The molecule has 27 heavy (non-hydrogen) atoms. The lowest BCUT2D eigenvalue weighted by Gasteiger charge is -2.17. The van der Waals surface area contributed by atoms with Crippen molar-refractivity contribution < 1.29 is 22.3 Å². The fourth-order valence-electron chi connectivity index (χ4n) is 2.82. The third kappa shape index (κ3) is 4.45. The standard InChI is InChI=1S/C19H21FN2O4S/c1-14(26-18-7-3-2-6-17(18)20)19(23)21-15-8-10-16(11-9-15)27(24,25)22-12-4-5-13-22/h2-3,6-11,14H,4-5,12-13H2,1H3,(H,21,23)/t14-/m1/s1. The number of anilines is 1. The number of hydrogen-bond donors (Lipinski definition) is 1. The van der Waals surface area contributed by atoms with Gasteiger partial charge >= 0.3 is 0 Å². The zero-order chi connectivity index (χ0) is 19.4. The second-order valence-electron chi connectivity index (χ2n) is 6.32. The van der Waals surface area contributed by atoms with Crippen molar-refractivity contribution in [2.24, 2.45) is 0 Å². The molecule has 0 saturated carbocycles. The maximum absolute atomic E-state index is 13.6. The molecule has 0 aliphatic carbocycles. The Bertz CT molecular complexity index is 910. The number of nitrogens with one attached hydrogen (secondary N) is 1. The van der Waals surface area contributed by atoms with E-state index < -0.39 is 27.9 Å². The summed E-state index contributed by atoms with van der Waals surface area (Å²) in [4.78, 5) is 12.4. The van der Waals surface area contributed by atoms with E-state index in [1.807, 2.05) is 0 Å². The predicted molar refractivity (Wildman–Crippen MR) is 99.6 cm³/mol. The van der Waals surface area contributed by atoms with Crippen LogP contribution in [-0.4, -0.2) is 37.8 Å². The SMILES string of the molecule is C[C@@H](Oc1ccccc1F)C(=O)Nc1ccc(S(=O)(=O)N2CCCC2)cc1. The minimum atomic E-state index is -3.49. The van der Waals surface area contributed by atoms with E-state index in [0.29, 0.717) is 18.8 Å². The van der Waals surface area contributed by atoms with Crippen molar-refractivity contribution in [1.82, 2.24) is 4.31 Å². The number of para-hydroxylation sites is 1. The number of carbonyl (C=O) groups excluding carboxylic acids is 1. The summed E-state index contributed by atoms with van der Waals surface area (Å²) in [6.07, 6.45) is 0.815. The largest absolute Gasteiger partial charge is 0.478 e. The summed E-state index contributed by atoms with van der Waals surface area (Å²) in [7, 11) is -3.49. The molecule has 1 N–H and O–H groups in total. The second kappa shape index (κ2) is 8.06. The van der Waals surface area contributed by atoms with Crippen LogP contribution >= 0.6 is 0 Å². The molecule has 0 radical (unpaired) electrons. The van der Waals surface area contributed by atoms with Crippen LogP contribution in [0.5, 0.6) is 5.75 Å². The third-order valence-corrected chi connectivity index (χ3v) is 6.25. The molecule has 1 amide bonds. The predicted octanol–water partition coefficient (Wildman–Crippen LogP) is 3.02. The van der Waals surface area contributed by atoms with E-state index >= 15 is 0 Å². The van der Waals surface area contributed by atoms with Crippen LogP contribution in [0, 0.1) is 5.82 Å². The number of ether oxygens (including phenoxy) is 1. The van der Waals surface area contributed by atoms with Gasteiger partial charge in [-0.3, -0.25) is 4.79 Å². The molecule has 1 aliphatic heterocycles. The molecule has 1 saturated heterocycles. The molecule has 1 atom stereocenters. The van der Waals surface area contributed by atoms with Gasteiger partial charge in [0, 0.05) is 18.8 Å². The zero-order valence-corrected chi connectivity index (χ0v) is 15.7. The highest BCUT2D eigenvalue weighted by atomic mass is 32.2. The van der Waals surface area contributed by atoms with Crippen molar-refractivity contribution in [3.05, 3.63) is 54.3 Å². The molecule has 0 spiro atoms. The summed E-state index contributed by atoms with van der Waals surface area (Å²) in [5.74, 6) is -1.02. The summed E-state index contributed by atoms with van der Waals surface area (Å²) >= 11 is 0. The molecule has 0 bridgehead atoms. The van der Waals surface area contributed by atoms with Crippen molar-refractivity contribution in [2.75, 3.05) is 18.4 Å². The number of benzene rings is 2. The maximum Gasteiger partial charge on any atom is 0.265 e. The second-order valence-corrected chi connectivity index (χ2v) is 8.25. The number of amides is 1. The Balaban J connectivity index is 1.64. The Morgan fingerprint density at radius 2 is 1.74 bits per heavy atom. The minimum Gasteiger partial charge on any atom is -0.478 e. The molecular formula is C19H21FN2O4S. The Kier molecular flexibility index (Phi) is 5.76. The topological polar surface area (TPSA) is 75.7 Å². The summed E-state index contributed by atoms with van der Waals surface area (Å²) in [6.45, 7) is 2.57. The van der Waals surface area contributed by atoms with Gasteiger partial charge in [-0.1, -0.05) is 12.1 Å². The van der Waals surface area contributed by atoms with E-state index in [9.17, 15) is 17.6 Å². The average molecular weight is 392 g/mol. The van der Waals surface area contributed by atoms with Crippen LogP contribution in [0.3, 0.4) is 0 Å². The number of nitrogens with zero attached hydrogens (tertiary/aromatic N) is 1. The first kappa shape index (κ1) is 19.3. The number of hydrogen-bond acceptors (Lipinski definition) is 4. The first-order chi connectivity index (χ1) is 12.9. The van der Waals surface area contributed by atoms with Crippen molar-refractivity contribution in [2.45, 2.75) is 30.8 Å². The maximum atomic E-state index is 13.6. The quantitative estimate of drug-likeness (QED) is 0.820. The van der Waals surface area contributed by atoms with E-state index in [2.05, 4.69) is 5.32 Å². The number of halogens is 1. The molecule has 6 nitrogen and oxygen atoms in total. The van der Waals surface area contributed by atoms with Crippen LogP contribution in [0.4, 0.5) is 10.1 Å². The van der Waals surface area contributed by atoms with Crippen molar-refractivity contribution in [3.8, 4) is 5.75 Å². The van der Waals surface area contributed by atoms with E-state index in [4.69, 9.17) is 4.74 Å². The molecule has 0 aromatic heterocycles. The molecule has 1 aliphatic rings. The molecule has 0 unspecified atom stereocenters. The highest BCUT2D eigenvalue weighted by Crippen LogP contribution is 2.22. The Morgan fingerprint density at radius 3 is 2.37 bits per heavy atom. The summed E-state index contributed by atoms with van der Waals surface area (Å²) in [6, 6.07) is 11.8. The van der Waals surface area contributed by atoms with Crippen molar-refractivity contribution in [1.29, 1.82) is 0 Å². The number of sulfonamides is 1. The van der Waals surface area contributed by atoms with Crippen LogP contribution in [0.1, 0.15) is 19.8 Å². The van der Waals surface area contributed by atoms with Crippen LogP contribution in [-0.2, 0) is 14.8 Å². The molecule has 144 valence electrons. The average Bonchev–Trinajstić information content (AvgIpc) is 3.19. The lowest BCUT2D eigenvalue weighted by atomic mass is 10.3. The van der Waals surface area contributed by atoms with Gasteiger partial charge in [0.15, 0.2) is 17.7 Å². The van der Waals surface area contributed by atoms with Crippen molar-refractivity contribution >= 4 is 21.6 Å². The summed E-state index contributed by atoms with van der Waals surface area (Å²) in [5, 5.41) is 2.63. The Hall–Kier alpha value is -2.45. The number of carbonyl (C=O) groups is 1. The highest BCUT2D eigenvalue weighted by Gasteiger charge is 2.27. The third-order valence-electron chi connectivity index (χ3n) is 4.33. The van der Waals surface area contributed by atoms with Gasteiger partial charge in [0.05, 0.1) is 4.90 Å². The molecule has 1 heterocycles. The van der Waals surface area contributed by atoms with E-state index in [1.54, 1.807) is 6.07 Å². The fraction of sp³-hybridized carbons (Fsp3) is 0.316. The normalized spacial score (nSPS) is 16.1.